The van der Waals surface area contributed by atoms with Crippen LogP contribution in [0.4, 0.5) is 5.82 Å². The molecule has 10 heteroatoms. The number of piperidine rings is 1. The molecule has 3 aromatic heterocycles. The Morgan fingerprint density at radius 2 is 1.97 bits per heavy atom. The largest absolute Gasteiger partial charge is 0.464 e. The van der Waals surface area contributed by atoms with Gasteiger partial charge in [0.05, 0.1) is 13.0 Å². The first-order valence-corrected chi connectivity index (χ1v) is 11.4. The summed E-state index contributed by atoms with van der Waals surface area (Å²) in [5.41, 5.74) is 1.66. The van der Waals surface area contributed by atoms with Crippen LogP contribution in [-0.2, 0) is 9.53 Å². The summed E-state index contributed by atoms with van der Waals surface area (Å²) in [5.74, 6) is 1.27. The number of hydrogen-bond acceptors (Lipinski definition) is 8. The molecule has 1 amide bonds. The van der Waals surface area contributed by atoms with Crippen molar-refractivity contribution in [3.63, 3.8) is 0 Å². The van der Waals surface area contributed by atoms with Crippen LogP contribution in [0.1, 0.15) is 36.2 Å². The minimum atomic E-state index is -0.470. The molecule has 162 valence electrons. The minimum Gasteiger partial charge on any atom is -0.464 e. The first-order chi connectivity index (χ1) is 15.1. The van der Waals surface area contributed by atoms with Gasteiger partial charge < -0.3 is 19.5 Å². The van der Waals surface area contributed by atoms with Crippen molar-refractivity contribution in [2.75, 3.05) is 38.2 Å². The van der Waals surface area contributed by atoms with Crippen LogP contribution in [-0.4, -0.2) is 70.0 Å². The summed E-state index contributed by atoms with van der Waals surface area (Å²) in [5, 5.41) is 2.26. The van der Waals surface area contributed by atoms with Crippen molar-refractivity contribution in [1.29, 1.82) is 0 Å². The summed E-state index contributed by atoms with van der Waals surface area (Å²) in [6, 6.07) is 3.88. The molecule has 2 saturated heterocycles. The molecule has 1 atom stereocenters. The van der Waals surface area contributed by atoms with Crippen molar-refractivity contribution in [3.8, 4) is 10.8 Å². The molecule has 0 aromatic carbocycles. The first kappa shape index (κ1) is 19.9. The van der Waals surface area contributed by atoms with E-state index in [-0.39, 0.29) is 17.5 Å². The Balaban J connectivity index is 1.35. The Labute approximate surface area is 183 Å². The molecular formula is C21H24N6O3S. The lowest BCUT2D eigenvalue weighted by atomic mass is 9.96. The van der Waals surface area contributed by atoms with Gasteiger partial charge in [0.15, 0.2) is 22.2 Å². The number of thiazole rings is 1. The predicted octanol–water partition coefficient (Wildman–Crippen LogP) is 2.71. The van der Waals surface area contributed by atoms with E-state index >= 15 is 0 Å². The second kappa shape index (κ2) is 8.26. The number of likely N-dealkylation sites (tertiary alicyclic amines) is 1. The van der Waals surface area contributed by atoms with E-state index in [0.29, 0.717) is 23.0 Å². The number of hydrogen-bond donors (Lipinski definition) is 1. The number of H-pyrrole nitrogens is 1. The zero-order valence-electron chi connectivity index (χ0n) is 17.3. The van der Waals surface area contributed by atoms with E-state index in [9.17, 15) is 9.59 Å². The molecule has 3 aromatic rings. The number of anilines is 1. The zero-order chi connectivity index (χ0) is 21.4. The number of fused-ring (bicyclic) bond motifs is 1. The van der Waals surface area contributed by atoms with Crippen molar-refractivity contribution in [3.05, 3.63) is 23.2 Å². The summed E-state index contributed by atoms with van der Waals surface area (Å²) in [4.78, 5) is 45.5. The highest BCUT2D eigenvalue weighted by Gasteiger charge is 2.31. The molecule has 2 aliphatic rings. The van der Waals surface area contributed by atoms with Crippen LogP contribution in [0.25, 0.3) is 22.0 Å². The maximum Gasteiger partial charge on any atom is 0.357 e. The highest BCUT2D eigenvalue weighted by atomic mass is 32.1. The first-order valence-electron chi connectivity index (χ1n) is 10.6. The Morgan fingerprint density at radius 3 is 2.77 bits per heavy atom. The molecule has 0 aliphatic carbocycles. The van der Waals surface area contributed by atoms with Gasteiger partial charge in [0.1, 0.15) is 11.3 Å². The smallest absolute Gasteiger partial charge is 0.357 e. The van der Waals surface area contributed by atoms with Gasteiger partial charge in [-0.15, -0.1) is 11.3 Å². The fourth-order valence-electron chi connectivity index (χ4n) is 4.33. The van der Waals surface area contributed by atoms with E-state index in [2.05, 4.69) is 19.9 Å². The number of nitrogens with one attached hydrogen (secondary N) is 1. The quantitative estimate of drug-likeness (QED) is 0.622. The van der Waals surface area contributed by atoms with Crippen molar-refractivity contribution >= 4 is 40.2 Å². The molecule has 0 radical (unpaired) electrons. The maximum absolute atomic E-state index is 12.8. The average molecular weight is 441 g/mol. The van der Waals surface area contributed by atoms with Crippen LogP contribution in [0.2, 0.25) is 0 Å². The van der Waals surface area contributed by atoms with Crippen molar-refractivity contribution in [2.24, 2.45) is 5.92 Å². The van der Waals surface area contributed by atoms with Crippen LogP contribution in [0.3, 0.4) is 0 Å². The van der Waals surface area contributed by atoms with E-state index in [1.54, 1.807) is 5.38 Å². The molecule has 31 heavy (non-hydrogen) atoms. The summed E-state index contributed by atoms with van der Waals surface area (Å²) in [6.45, 7) is 3.37. The van der Waals surface area contributed by atoms with Gasteiger partial charge in [-0.1, -0.05) is 0 Å². The summed E-state index contributed by atoms with van der Waals surface area (Å²) in [6.07, 6.45) is 4.15. The number of imidazole rings is 1. The van der Waals surface area contributed by atoms with E-state index < -0.39 is 5.97 Å². The number of ether oxygens (including phenoxy) is 1. The van der Waals surface area contributed by atoms with Gasteiger partial charge in [0.2, 0.25) is 5.91 Å². The molecule has 0 spiro atoms. The molecular weight excluding hydrogens is 416 g/mol. The molecule has 5 rings (SSSR count). The molecule has 2 aliphatic heterocycles. The number of rotatable bonds is 4. The highest BCUT2D eigenvalue weighted by molar-refractivity contribution is 7.13. The second-order valence-corrected chi connectivity index (χ2v) is 8.83. The second-order valence-electron chi connectivity index (χ2n) is 7.97. The summed E-state index contributed by atoms with van der Waals surface area (Å²) in [7, 11) is 1.33. The van der Waals surface area contributed by atoms with E-state index in [0.717, 1.165) is 56.7 Å². The van der Waals surface area contributed by atoms with Gasteiger partial charge in [-0.2, -0.15) is 0 Å². The molecule has 9 nitrogen and oxygen atoms in total. The number of nitrogens with zero attached hydrogens (tertiary/aromatic N) is 5. The molecule has 2 fully saturated rings. The van der Waals surface area contributed by atoms with Gasteiger partial charge in [-0.05, 0) is 37.8 Å². The third kappa shape index (κ3) is 3.87. The van der Waals surface area contributed by atoms with E-state index in [4.69, 9.17) is 9.72 Å². The predicted molar refractivity (Wildman–Crippen MR) is 117 cm³/mol. The molecule has 0 bridgehead atoms. The number of esters is 1. The Kier molecular flexibility index (Phi) is 5.31. The third-order valence-electron chi connectivity index (χ3n) is 5.94. The van der Waals surface area contributed by atoms with Crippen molar-refractivity contribution in [1.82, 2.24) is 24.8 Å². The lowest BCUT2D eigenvalue weighted by Gasteiger charge is -2.34. The van der Waals surface area contributed by atoms with Crippen LogP contribution in [0, 0.1) is 5.92 Å². The van der Waals surface area contributed by atoms with Crippen LogP contribution in [0.5, 0.6) is 0 Å². The summed E-state index contributed by atoms with van der Waals surface area (Å²) < 4.78 is 4.71. The SMILES string of the molecule is COC(=O)c1csc(-c2nc3ccc(N4CCCC(C(=O)N5CCCC5)C4)nc3[nH]2)n1. The maximum atomic E-state index is 12.8. The number of methoxy groups -OCH3 is 1. The number of aromatic amines is 1. The average Bonchev–Trinajstić information content (AvgIpc) is 3.57. The zero-order valence-corrected chi connectivity index (χ0v) is 18.2. The van der Waals surface area contributed by atoms with Crippen LogP contribution >= 0.6 is 11.3 Å². The van der Waals surface area contributed by atoms with E-state index in [1.165, 1.54) is 18.4 Å². The number of pyridine rings is 1. The molecule has 0 saturated carbocycles. The van der Waals surface area contributed by atoms with Gasteiger partial charge in [-0.25, -0.2) is 19.7 Å². The number of amides is 1. The Morgan fingerprint density at radius 1 is 1.13 bits per heavy atom. The van der Waals surface area contributed by atoms with Crippen molar-refractivity contribution < 1.29 is 14.3 Å². The lowest BCUT2D eigenvalue weighted by molar-refractivity contribution is -0.134. The monoisotopic (exact) mass is 440 g/mol. The van der Waals surface area contributed by atoms with Crippen LogP contribution in [0.15, 0.2) is 17.5 Å². The fourth-order valence-corrected chi connectivity index (χ4v) is 5.06. The van der Waals surface area contributed by atoms with Crippen molar-refractivity contribution in [2.45, 2.75) is 25.7 Å². The molecule has 5 heterocycles. The van der Waals surface area contributed by atoms with E-state index in [1.807, 2.05) is 17.0 Å². The number of aromatic nitrogens is 4. The topological polar surface area (TPSA) is 104 Å². The van der Waals surface area contributed by atoms with Gasteiger partial charge in [0, 0.05) is 31.6 Å². The Bertz CT molecular complexity index is 1120. The van der Waals surface area contributed by atoms with Gasteiger partial charge in [0.25, 0.3) is 0 Å². The standard InChI is InChI=1S/C21H24N6O3S/c1-30-21(29)15-12-31-19(23-15)18-22-14-6-7-16(24-17(14)25-18)27-10-4-5-13(11-27)20(28)26-8-2-3-9-26/h6-7,12-13H,2-5,8-11H2,1H3,(H,22,24,25). The minimum absolute atomic E-state index is 0.0359. The Hall–Kier alpha value is -3.01. The molecule has 1 unspecified atom stereocenters. The van der Waals surface area contributed by atoms with Gasteiger partial charge in [-0.3, -0.25) is 4.79 Å². The third-order valence-corrected chi connectivity index (χ3v) is 6.79. The highest BCUT2D eigenvalue weighted by Crippen LogP contribution is 2.28. The van der Waals surface area contributed by atoms with Crippen LogP contribution < -0.4 is 4.90 Å². The summed E-state index contributed by atoms with van der Waals surface area (Å²) >= 11 is 1.32. The number of carbonyl (C=O) groups is 2. The normalized spacial score (nSPS) is 19.2. The number of carbonyl (C=O) groups excluding carboxylic acids is 2. The fraction of sp³-hybridized carbons (Fsp3) is 0.476. The molecule has 1 N–H and O–H groups in total. The lowest BCUT2D eigenvalue weighted by Crippen LogP contribution is -2.44. The van der Waals surface area contributed by atoms with Gasteiger partial charge >= 0.3 is 5.97 Å².